The third-order valence-corrected chi connectivity index (χ3v) is 3.76. The van der Waals surface area contributed by atoms with Crippen LogP contribution in [0.5, 0.6) is 0 Å². The van der Waals surface area contributed by atoms with Crippen molar-refractivity contribution in [3.63, 3.8) is 0 Å². The third-order valence-electron chi connectivity index (χ3n) is 2.87. The first-order chi connectivity index (χ1) is 9.36. The van der Waals surface area contributed by atoms with Crippen LogP contribution in [0.4, 0.5) is 0 Å². The summed E-state index contributed by atoms with van der Waals surface area (Å²) in [6.45, 7) is 6.47. The van der Waals surface area contributed by atoms with Gasteiger partial charge in [0.2, 0.25) is 5.91 Å². The molecule has 0 bridgehead atoms. The SMILES string of the molecule is CC(C)(C)c1csc(-c2ccc(/C=C\C(N)=O)cc2)n1. The summed E-state index contributed by atoms with van der Waals surface area (Å²) in [5.74, 6) is -0.441. The van der Waals surface area contributed by atoms with Crippen LogP contribution >= 0.6 is 11.3 Å². The first-order valence-electron chi connectivity index (χ1n) is 6.40. The van der Waals surface area contributed by atoms with Crippen molar-refractivity contribution in [1.82, 2.24) is 4.98 Å². The highest BCUT2D eigenvalue weighted by Crippen LogP contribution is 2.29. The number of amides is 1. The Bertz CT molecular complexity index is 633. The number of carbonyl (C=O) groups is 1. The van der Waals surface area contributed by atoms with E-state index in [-0.39, 0.29) is 5.41 Å². The molecule has 1 aromatic carbocycles. The Morgan fingerprint density at radius 1 is 1.25 bits per heavy atom. The van der Waals surface area contributed by atoms with Gasteiger partial charge in [-0.05, 0) is 11.6 Å². The largest absolute Gasteiger partial charge is 0.366 e. The van der Waals surface area contributed by atoms with Gasteiger partial charge in [-0.15, -0.1) is 11.3 Å². The number of nitrogens with two attached hydrogens (primary N) is 1. The molecule has 2 aromatic rings. The van der Waals surface area contributed by atoms with Gasteiger partial charge in [0.15, 0.2) is 0 Å². The fourth-order valence-corrected chi connectivity index (χ4v) is 2.72. The summed E-state index contributed by atoms with van der Waals surface area (Å²) in [6, 6.07) is 7.91. The van der Waals surface area contributed by atoms with Crippen LogP contribution in [0.25, 0.3) is 16.6 Å². The molecule has 0 unspecified atom stereocenters. The van der Waals surface area contributed by atoms with E-state index in [0.717, 1.165) is 21.8 Å². The van der Waals surface area contributed by atoms with Gasteiger partial charge < -0.3 is 5.73 Å². The Morgan fingerprint density at radius 2 is 1.90 bits per heavy atom. The molecule has 0 aliphatic carbocycles. The number of thiazole rings is 1. The maximum atomic E-state index is 10.7. The van der Waals surface area contributed by atoms with E-state index in [0.29, 0.717) is 0 Å². The monoisotopic (exact) mass is 286 g/mol. The molecule has 0 spiro atoms. The maximum Gasteiger partial charge on any atom is 0.241 e. The summed E-state index contributed by atoms with van der Waals surface area (Å²) in [4.78, 5) is 15.4. The molecule has 2 rings (SSSR count). The molecular formula is C16H18N2OS. The predicted octanol–water partition coefficient (Wildman–Crippen LogP) is 3.61. The van der Waals surface area contributed by atoms with Gasteiger partial charge in [-0.25, -0.2) is 4.98 Å². The van der Waals surface area contributed by atoms with Crippen molar-refractivity contribution in [1.29, 1.82) is 0 Å². The molecule has 2 N–H and O–H groups in total. The molecule has 0 fully saturated rings. The lowest BCUT2D eigenvalue weighted by Crippen LogP contribution is -2.11. The molecule has 1 amide bonds. The number of carbonyl (C=O) groups excluding carboxylic acids is 1. The van der Waals surface area contributed by atoms with Crippen molar-refractivity contribution in [2.75, 3.05) is 0 Å². The van der Waals surface area contributed by atoms with Crippen molar-refractivity contribution in [3.8, 4) is 10.6 Å². The van der Waals surface area contributed by atoms with E-state index in [4.69, 9.17) is 5.73 Å². The zero-order valence-electron chi connectivity index (χ0n) is 11.9. The summed E-state index contributed by atoms with van der Waals surface area (Å²) < 4.78 is 0. The summed E-state index contributed by atoms with van der Waals surface area (Å²) in [5.41, 5.74) is 8.28. The van der Waals surface area contributed by atoms with Crippen LogP contribution in [-0.4, -0.2) is 10.9 Å². The Labute approximate surface area is 123 Å². The molecular weight excluding hydrogens is 268 g/mol. The van der Waals surface area contributed by atoms with Crippen molar-refractivity contribution in [3.05, 3.63) is 47.0 Å². The third kappa shape index (κ3) is 3.54. The van der Waals surface area contributed by atoms with Crippen LogP contribution in [0.15, 0.2) is 35.7 Å². The quantitative estimate of drug-likeness (QED) is 0.876. The van der Waals surface area contributed by atoms with E-state index in [1.54, 1.807) is 17.4 Å². The number of hydrogen-bond acceptors (Lipinski definition) is 3. The second-order valence-corrected chi connectivity index (χ2v) is 6.50. The van der Waals surface area contributed by atoms with Crippen LogP contribution in [0, 0.1) is 0 Å². The van der Waals surface area contributed by atoms with Gasteiger partial charge in [0.1, 0.15) is 5.01 Å². The van der Waals surface area contributed by atoms with E-state index in [1.807, 2.05) is 24.3 Å². The second-order valence-electron chi connectivity index (χ2n) is 5.65. The molecule has 0 radical (unpaired) electrons. The zero-order valence-corrected chi connectivity index (χ0v) is 12.7. The van der Waals surface area contributed by atoms with Gasteiger partial charge in [0.05, 0.1) is 5.69 Å². The average Bonchev–Trinajstić information content (AvgIpc) is 2.86. The van der Waals surface area contributed by atoms with Gasteiger partial charge >= 0.3 is 0 Å². The molecule has 4 heteroatoms. The number of nitrogens with zero attached hydrogens (tertiary/aromatic N) is 1. The lowest BCUT2D eigenvalue weighted by atomic mass is 9.93. The Morgan fingerprint density at radius 3 is 2.40 bits per heavy atom. The maximum absolute atomic E-state index is 10.7. The lowest BCUT2D eigenvalue weighted by Gasteiger charge is -2.14. The number of primary amides is 1. The molecule has 0 aliphatic rings. The minimum atomic E-state index is -0.441. The molecule has 0 aliphatic heterocycles. The summed E-state index contributed by atoms with van der Waals surface area (Å²) in [5, 5.41) is 3.12. The van der Waals surface area contributed by atoms with Crippen LogP contribution < -0.4 is 5.73 Å². The molecule has 20 heavy (non-hydrogen) atoms. The van der Waals surface area contributed by atoms with Gasteiger partial charge in [0, 0.05) is 22.4 Å². The second kappa shape index (κ2) is 5.59. The van der Waals surface area contributed by atoms with Crippen molar-refractivity contribution in [2.45, 2.75) is 26.2 Å². The van der Waals surface area contributed by atoms with E-state index < -0.39 is 5.91 Å². The molecule has 0 atom stereocenters. The van der Waals surface area contributed by atoms with E-state index >= 15 is 0 Å². The van der Waals surface area contributed by atoms with Gasteiger partial charge in [-0.3, -0.25) is 4.79 Å². The fourth-order valence-electron chi connectivity index (χ4n) is 1.67. The molecule has 0 saturated carbocycles. The highest BCUT2D eigenvalue weighted by molar-refractivity contribution is 7.13. The van der Waals surface area contributed by atoms with Crippen molar-refractivity contribution >= 4 is 23.3 Å². The topological polar surface area (TPSA) is 56.0 Å². The van der Waals surface area contributed by atoms with Gasteiger partial charge in [-0.1, -0.05) is 45.0 Å². The summed E-state index contributed by atoms with van der Waals surface area (Å²) >= 11 is 1.65. The lowest BCUT2D eigenvalue weighted by molar-refractivity contribution is -0.113. The van der Waals surface area contributed by atoms with Crippen LogP contribution in [-0.2, 0) is 10.2 Å². The summed E-state index contributed by atoms with van der Waals surface area (Å²) in [7, 11) is 0. The summed E-state index contributed by atoms with van der Waals surface area (Å²) in [6.07, 6.45) is 3.06. The smallest absolute Gasteiger partial charge is 0.241 e. The predicted molar refractivity (Wildman–Crippen MR) is 84.5 cm³/mol. The Balaban J connectivity index is 2.22. The minimum Gasteiger partial charge on any atom is -0.366 e. The molecule has 1 heterocycles. The van der Waals surface area contributed by atoms with Crippen LogP contribution in [0.2, 0.25) is 0 Å². The molecule has 1 aromatic heterocycles. The zero-order chi connectivity index (χ0) is 14.8. The van der Waals surface area contributed by atoms with Crippen molar-refractivity contribution in [2.24, 2.45) is 5.73 Å². The first kappa shape index (κ1) is 14.5. The van der Waals surface area contributed by atoms with Gasteiger partial charge in [-0.2, -0.15) is 0 Å². The Kier molecular flexibility index (Phi) is 4.04. The number of benzene rings is 1. The van der Waals surface area contributed by atoms with E-state index in [2.05, 4.69) is 31.1 Å². The fraction of sp³-hybridized carbons (Fsp3) is 0.250. The number of rotatable bonds is 3. The van der Waals surface area contributed by atoms with Crippen LogP contribution in [0.3, 0.4) is 0 Å². The highest BCUT2D eigenvalue weighted by atomic mass is 32.1. The van der Waals surface area contributed by atoms with Crippen molar-refractivity contribution < 1.29 is 4.79 Å². The number of aromatic nitrogens is 1. The number of hydrogen-bond donors (Lipinski definition) is 1. The van der Waals surface area contributed by atoms with Gasteiger partial charge in [0.25, 0.3) is 0 Å². The van der Waals surface area contributed by atoms with E-state index in [1.165, 1.54) is 6.08 Å². The minimum absolute atomic E-state index is 0.0684. The molecule has 3 nitrogen and oxygen atoms in total. The first-order valence-corrected chi connectivity index (χ1v) is 7.28. The van der Waals surface area contributed by atoms with E-state index in [9.17, 15) is 4.79 Å². The standard InChI is InChI=1S/C16H18N2OS/c1-16(2,3)13-10-20-15(18-13)12-7-4-11(5-8-12)6-9-14(17)19/h4-10H,1-3H3,(H2,17,19)/b9-6-. The highest BCUT2D eigenvalue weighted by Gasteiger charge is 2.17. The van der Waals surface area contributed by atoms with Crippen LogP contribution in [0.1, 0.15) is 32.0 Å². The molecule has 0 saturated heterocycles. The normalized spacial score (nSPS) is 11.9. The average molecular weight is 286 g/mol. The molecule has 104 valence electrons. The Hall–Kier alpha value is -1.94.